The van der Waals surface area contributed by atoms with E-state index in [4.69, 9.17) is 16.3 Å². The molecule has 0 aliphatic carbocycles. The van der Waals surface area contributed by atoms with Crippen LogP contribution >= 0.6 is 11.6 Å². The lowest BCUT2D eigenvalue weighted by molar-refractivity contribution is -0.121. The van der Waals surface area contributed by atoms with Gasteiger partial charge in [-0.1, -0.05) is 23.7 Å². The van der Waals surface area contributed by atoms with Crippen LogP contribution in [0, 0.1) is 6.92 Å². The maximum Gasteiger partial charge on any atom is 0.229 e. The number of hydrogen-bond acceptors (Lipinski definition) is 4. The molecule has 152 valence electrons. The number of amides is 1. The summed E-state index contributed by atoms with van der Waals surface area (Å²) in [7, 11) is -3.34. The average Bonchev–Trinajstić information content (AvgIpc) is 2.60. The highest BCUT2D eigenvalue weighted by atomic mass is 35.5. The van der Waals surface area contributed by atoms with Gasteiger partial charge in [0.15, 0.2) is 0 Å². The molecule has 8 heteroatoms. The maximum atomic E-state index is 12.2. The molecule has 0 saturated heterocycles. The third-order valence-corrected chi connectivity index (χ3v) is 5.04. The van der Waals surface area contributed by atoms with Crippen molar-refractivity contribution < 1.29 is 17.9 Å². The van der Waals surface area contributed by atoms with Crippen molar-refractivity contribution in [1.29, 1.82) is 0 Å². The number of nitrogens with one attached hydrogen (secondary N) is 2. The third kappa shape index (κ3) is 7.40. The standard InChI is InChI=1S/C20H25ClN2O4S/c1-14-12-18(9-10-19(14)21)27-11-5-8-20(24)22-15(2)16-6-4-7-17(13-16)23-28(3,25)26/h4,6-7,9-10,12-13,15,23H,5,8,11H2,1-3H3,(H,22,24). The number of rotatable bonds is 9. The average molecular weight is 425 g/mol. The minimum Gasteiger partial charge on any atom is -0.494 e. The molecule has 28 heavy (non-hydrogen) atoms. The van der Waals surface area contributed by atoms with Crippen LogP contribution in [0.1, 0.15) is 36.9 Å². The summed E-state index contributed by atoms with van der Waals surface area (Å²) >= 11 is 5.98. The van der Waals surface area contributed by atoms with Crippen LogP contribution in [-0.4, -0.2) is 27.2 Å². The van der Waals surface area contributed by atoms with Crippen LogP contribution in [0.3, 0.4) is 0 Å². The number of ether oxygens (including phenoxy) is 1. The summed E-state index contributed by atoms with van der Waals surface area (Å²) in [5.74, 6) is 0.635. The molecule has 2 aromatic carbocycles. The molecule has 1 atom stereocenters. The second-order valence-electron chi connectivity index (χ2n) is 6.65. The van der Waals surface area contributed by atoms with Gasteiger partial charge in [0.1, 0.15) is 5.75 Å². The van der Waals surface area contributed by atoms with E-state index in [1.54, 1.807) is 30.3 Å². The zero-order valence-electron chi connectivity index (χ0n) is 16.2. The van der Waals surface area contributed by atoms with Crippen LogP contribution in [0.4, 0.5) is 5.69 Å². The summed E-state index contributed by atoms with van der Waals surface area (Å²) in [6.45, 7) is 4.19. The van der Waals surface area contributed by atoms with Gasteiger partial charge >= 0.3 is 0 Å². The molecular formula is C20H25ClN2O4S. The molecule has 6 nitrogen and oxygen atoms in total. The SMILES string of the molecule is Cc1cc(OCCCC(=O)NC(C)c2cccc(NS(C)(=O)=O)c2)ccc1Cl. The molecule has 0 saturated carbocycles. The van der Waals surface area contributed by atoms with Gasteiger partial charge in [-0.25, -0.2) is 8.42 Å². The first kappa shape index (κ1) is 22.0. The largest absolute Gasteiger partial charge is 0.494 e. The predicted molar refractivity (Wildman–Crippen MR) is 112 cm³/mol. The lowest BCUT2D eigenvalue weighted by atomic mass is 10.1. The monoisotopic (exact) mass is 424 g/mol. The minimum atomic E-state index is -3.34. The first-order valence-electron chi connectivity index (χ1n) is 8.90. The van der Waals surface area contributed by atoms with Gasteiger partial charge in [0.2, 0.25) is 15.9 Å². The van der Waals surface area contributed by atoms with Crippen molar-refractivity contribution in [1.82, 2.24) is 5.32 Å². The van der Waals surface area contributed by atoms with Crippen LogP contribution in [0.25, 0.3) is 0 Å². The number of hydrogen-bond donors (Lipinski definition) is 2. The van der Waals surface area contributed by atoms with E-state index >= 15 is 0 Å². The molecule has 2 aromatic rings. The molecule has 0 aliphatic heterocycles. The van der Waals surface area contributed by atoms with E-state index < -0.39 is 10.0 Å². The number of aryl methyl sites for hydroxylation is 1. The topological polar surface area (TPSA) is 84.5 Å². The summed E-state index contributed by atoms with van der Waals surface area (Å²) in [5.41, 5.74) is 2.22. The summed E-state index contributed by atoms with van der Waals surface area (Å²) in [6.07, 6.45) is 2.01. The molecule has 0 heterocycles. The van der Waals surface area contributed by atoms with Gasteiger partial charge in [-0.2, -0.15) is 0 Å². The Kier molecular flexibility index (Phi) is 7.71. The highest BCUT2D eigenvalue weighted by molar-refractivity contribution is 7.92. The molecule has 0 radical (unpaired) electrons. The molecule has 1 amide bonds. The van der Waals surface area contributed by atoms with E-state index in [1.165, 1.54) is 0 Å². The van der Waals surface area contributed by atoms with Crippen molar-refractivity contribution in [3.05, 3.63) is 58.6 Å². The molecule has 0 spiro atoms. The second-order valence-corrected chi connectivity index (χ2v) is 8.81. The van der Waals surface area contributed by atoms with Gasteiger partial charge in [-0.05, 0) is 61.7 Å². The Labute approximate surface area is 171 Å². The Morgan fingerprint density at radius 2 is 1.96 bits per heavy atom. The lowest BCUT2D eigenvalue weighted by Gasteiger charge is -2.16. The van der Waals surface area contributed by atoms with Crippen molar-refractivity contribution in [2.45, 2.75) is 32.7 Å². The quantitative estimate of drug-likeness (QED) is 0.594. The minimum absolute atomic E-state index is 0.0927. The molecule has 0 aliphatic rings. The van der Waals surface area contributed by atoms with Crippen LogP contribution in [0.5, 0.6) is 5.75 Å². The Bertz CT molecular complexity index is 932. The Balaban J connectivity index is 1.79. The molecular weight excluding hydrogens is 400 g/mol. The van der Waals surface area contributed by atoms with Crippen molar-refractivity contribution >= 4 is 33.2 Å². The first-order valence-corrected chi connectivity index (χ1v) is 11.2. The van der Waals surface area contributed by atoms with Crippen molar-refractivity contribution in [3.63, 3.8) is 0 Å². The summed E-state index contributed by atoms with van der Waals surface area (Å²) < 4.78 is 30.8. The first-order chi connectivity index (χ1) is 13.1. The van der Waals surface area contributed by atoms with Crippen molar-refractivity contribution in [3.8, 4) is 5.75 Å². The number of carbonyl (C=O) groups excluding carboxylic acids is 1. The second kappa shape index (κ2) is 9.80. The van der Waals surface area contributed by atoms with Gasteiger partial charge in [0.05, 0.1) is 18.9 Å². The summed E-state index contributed by atoms with van der Waals surface area (Å²) in [5, 5.41) is 3.60. The van der Waals surface area contributed by atoms with E-state index in [2.05, 4.69) is 10.0 Å². The molecule has 2 N–H and O–H groups in total. The third-order valence-electron chi connectivity index (χ3n) is 4.01. The van der Waals surface area contributed by atoms with Crippen molar-refractivity contribution in [2.24, 2.45) is 0 Å². The molecule has 0 aromatic heterocycles. The predicted octanol–water partition coefficient (Wildman–Crippen LogP) is 4.06. The van der Waals surface area contributed by atoms with Crippen LogP contribution in [0.2, 0.25) is 5.02 Å². The molecule has 0 fully saturated rings. The Morgan fingerprint density at radius 1 is 1.21 bits per heavy atom. The molecule has 2 rings (SSSR count). The summed E-state index contributed by atoms with van der Waals surface area (Å²) in [6, 6.07) is 12.2. The fraction of sp³-hybridized carbons (Fsp3) is 0.350. The fourth-order valence-electron chi connectivity index (χ4n) is 2.61. The Hall–Kier alpha value is -2.25. The summed E-state index contributed by atoms with van der Waals surface area (Å²) in [4.78, 5) is 12.2. The van der Waals surface area contributed by atoms with E-state index in [0.29, 0.717) is 30.2 Å². The highest BCUT2D eigenvalue weighted by Gasteiger charge is 2.11. The van der Waals surface area contributed by atoms with Crippen molar-refractivity contribution in [2.75, 3.05) is 17.6 Å². The van der Waals surface area contributed by atoms with Crippen LogP contribution < -0.4 is 14.8 Å². The Morgan fingerprint density at radius 3 is 2.64 bits per heavy atom. The van der Waals surface area contributed by atoms with Crippen LogP contribution in [0.15, 0.2) is 42.5 Å². The van der Waals surface area contributed by atoms with Gasteiger partial charge in [0.25, 0.3) is 0 Å². The van der Waals surface area contributed by atoms with Gasteiger partial charge < -0.3 is 10.1 Å². The molecule has 0 bridgehead atoms. The number of anilines is 1. The van der Waals surface area contributed by atoms with Gasteiger partial charge in [-0.15, -0.1) is 0 Å². The smallest absolute Gasteiger partial charge is 0.229 e. The zero-order chi connectivity index (χ0) is 20.7. The van der Waals surface area contributed by atoms with E-state index in [1.807, 2.05) is 26.0 Å². The number of halogens is 1. The van der Waals surface area contributed by atoms with E-state index in [-0.39, 0.29) is 11.9 Å². The number of sulfonamides is 1. The number of benzene rings is 2. The fourth-order valence-corrected chi connectivity index (χ4v) is 3.28. The number of carbonyl (C=O) groups is 1. The maximum absolute atomic E-state index is 12.2. The van der Waals surface area contributed by atoms with E-state index in [9.17, 15) is 13.2 Å². The lowest BCUT2D eigenvalue weighted by Crippen LogP contribution is -2.26. The van der Waals surface area contributed by atoms with Gasteiger partial charge in [-0.3, -0.25) is 9.52 Å². The van der Waals surface area contributed by atoms with Crippen LogP contribution in [-0.2, 0) is 14.8 Å². The zero-order valence-corrected chi connectivity index (χ0v) is 17.7. The van der Waals surface area contributed by atoms with Gasteiger partial charge in [0, 0.05) is 17.1 Å². The molecule has 1 unspecified atom stereocenters. The van der Waals surface area contributed by atoms with E-state index in [0.717, 1.165) is 23.1 Å². The highest BCUT2D eigenvalue weighted by Crippen LogP contribution is 2.21. The normalized spacial score (nSPS) is 12.3.